The molecule has 0 atom stereocenters. The summed E-state index contributed by atoms with van der Waals surface area (Å²) in [5, 5.41) is 12.6. The molecule has 0 unspecified atom stereocenters. The Bertz CT molecular complexity index is 295. The number of imidazole rings is 1. The maximum Gasteiger partial charge on any atom is 0.323 e. The third-order valence-electron chi connectivity index (χ3n) is 1.13. The average Bonchev–Trinajstić information content (AvgIpc) is 2.53. The first kappa shape index (κ1) is 9.04. The summed E-state index contributed by atoms with van der Waals surface area (Å²) in [6.45, 7) is -0.424. The molecule has 0 aliphatic heterocycles. The molecule has 1 rings (SSSR count). The zero-order valence-corrected chi connectivity index (χ0v) is 6.57. The molecule has 13 heavy (non-hydrogen) atoms. The maximum atomic E-state index is 10.9. The number of hydrogen-bond donors (Lipinski definition) is 4. The van der Waals surface area contributed by atoms with Gasteiger partial charge in [-0.05, 0) is 0 Å². The second-order valence-corrected chi connectivity index (χ2v) is 2.14. The summed E-state index contributed by atoms with van der Waals surface area (Å²) in [7, 11) is 0. The van der Waals surface area contributed by atoms with Crippen LogP contribution in [0.4, 0.5) is 10.7 Å². The van der Waals surface area contributed by atoms with Crippen molar-refractivity contribution in [3.63, 3.8) is 0 Å². The van der Waals surface area contributed by atoms with Gasteiger partial charge in [0.2, 0.25) is 5.95 Å². The van der Waals surface area contributed by atoms with Gasteiger partial charge in [-0.15, -0.1) is 0 Å². The minimum atomic E-state index is -1.10. The second kappa shape index (κ2) is 4.10. The molecule has 0 bridgehead atoms. The lowest BCUT2D eigenvalue weighted by atomic mass is 10.6. The van der Waals surface area contributed by atoms with Crippen LogP contribution in [0.2, 0.25) is 0 Å². The Morgan fingerprint density at radius 1 is 1.62 bits per heavy atom. The second-order valence-electron chi connectivity index (χ2n) is 2.14. The normalized spacial score (nSPS) is 9.23. The van der Waals surface area contributed by atoms with Crippen LogP contribution in [0.5, 0.6) is 0 Å². The van der Waals surface area contributed by atoms with E-state index in [1.165, 1.54) is 12.4 Å². The summed E-state index contributed by atoms with van der Waals surface area (Å²) in [5.74, 6) is -0.836. The van der Waals surface area contributed by atoms with Gasteiger partial charge in [0.05, 0.1) is 0 Å². The molecule has 0 fully saturated rings. The van der Waals surface area contributed by atoms with Crippen LogP contribution in [-0.2, 0) is 4.79 Å². The largest absolute Gasteiger partial charge is 0.480 e. The average molecular weight is 184 g/mol. The van der Waals surface area contributed by atoms with Crippen LogP contribution >= 0.6 is 0 Å². The van der Waals surface area contributed by atoms with Gasteiger partial charge in [0.1, 0.15) is 6.54 Å². The smallest absolute Gasteiger partial charge is 0.323 e. The lowest BCUT2D eigenvalue weighted by molar-refractivity contribution is -0.135. The number of aromatic amines is 1. The first-order chi connectivity index (χ1) is 6.18. The topological polar surface area (TPSA) is 107 Å². The number of nitrogens with one attached hydrogen (secondary N) is 3. The number of carboxylic acids is 1. The number of urea groups is 1. The van der Waals surface area contributed by atoms with E-state index >= 15 is 0 Å². The van der Waals surface area contributed by atoms with Crippen molar-refractivity contribution in [1.82, 2.24) is 15.3 Å². The van der Waals surface area contributed by atoms with E-state index in [-0.39, 0.29) is 5.95 Å². The first-order valence-corrected chi connectivity index (χ1v) is 3.44. The summed E-state index contributed by atoms with van der Waals surface area (Å²) >= 11 is 0. The van der Waals surface area contributed by atoms with Crippen molar-refractivity contribution in [1.29, 1.82) is 0 Å². The molecule has 0 aliphatic rings. The fourth-order valence-electron chi connectivity index (χ4n) is 0.641. The fourth-order valence-corrected chi connectivity index (χ4v) is 0.641. The zero-order valence-electron chi connectivity index (χ0n) is 6.57. The molecule has 0 aromatic carbocycles. The molecule has 1 aromatic heterocycles. The van der Waals surface area contributed by atoms with Gasteiger partial charge in [-0.2, -0.15) is 0 Å². The molecule has 70 valence electrons. The number of aromatic nitrogens is 2. The number of carbonyl (C=O) groups excluding carboxylic acids is 1. The highest BCUT2D eigenvalue weighted by Gasteiger charge is 2.03. The van der Waals surface area contributed by atoms with Gasteiger partial charge in [-0.25, -0.2) is 9.78 Å². The van der Waals surface area contributed by atoms with Crippen LogP contribution in [0.1, 0.15) is 0 Å². The van der Waals surface area contributed by atoms with E-state index in [2.05, 4.69) is 20.6 Å². The third-order valence-corrected chi connectivity index (χ3v) is 1.13. The Morgan fingerprint density at radius 2 is 2.38 bits per heavy atom. The number of carboxylic acid groups (broad SMARTS) is 1. The minimum Gasteiger partial charge on any atom is -0.480 e. The number of amides is 2. The number of anilines is 1. The Kier molecular flexibility index (Phi) is 2.85. The van der Waals surface area contributed by atoms with E-state index in [1.807, 2.05) is 0 Å². The number of rotatable bonds is 3. The van der Waals surface area contributed by atoms with Crippen molar-refractivity contribution in [3.8, 4) is 0 Å². The van der Waals surface area contributed by atoms with E-state index in [0.717, 1.165) is 0 Å². The van der Waals surface area contributed by atoms with E-state index < -0.39 is 18.5 Å². The molecule has 1 aromatic rings. The Hall–Kier alpha value is -2.05. The monoisotopic (exact) mass is 184 g/mol. The van der Waals surface area contributed by atoms with E-state index in [0.29, 0.717) is 0 Å². The quantitative estimate of drug-likeness (QED) is 0.513. The molecule has 0 aliphatic carbocycles. The van der Waals surface area contributed by atoms with Gasteiger partial charge in [0, 0.05) is 12.4 Å². The number of nitrogens with zero attached hydrogens (tertiary/aromatic N) is 1. The van der Waals surface area contributed by atoms with Crippen LogP contribution in [-0.4, -0.2) is 33.6 Å². The Balaban J connectivity index is 2.30. The molecule has 2 amide bonds. The van der Waals surface area contributed by atoms with Crippen LogP contribution in [0.25, 0.3) is 0 Å². The zero-order chi connectivity index (χ0) is 9.68. The Morgan fingerprint density at radius 3 is 2.92 bits per heavy atom. The number of hydrogen-bond acceptors (Lipinski definition) is 3. The molecule has 7 heteroatoms. The van der Waals surface area contributed by atoms with Gasteiger partial charge >= 0.3 is 12.0 Å². The van der Waals surface area contributed by atoms with Crippen molar-refractivity contribution < 1.29 is 14.7 Å². The van der Waals surface area contributed by atoms with Crippen LogP contribution in [0.15, 0.2) is 12.4 Å². The van der Waals surface area contributed by atoms with Gasteiger partial charge in [-0.3, -0.25) is 10.1 Å². The van der Waals surface area contributed by atoms with E-state index in [4.69, 9.17) is 5.11 Å². The lowest BCUT2D eigenvalue weighted by Gasteiger charge is -2.01. The van der Waals surface area contributed by atoms with E-state index in [1.54, 1.807) is 0 Å². The predicted molar refractivity (Wildman–Crippen MR) is 43.2 cm³/mol. The summed E-state index contributed by atoms with van der Waals surface area (Å²) in [5.41, 5.74) is 0. The van der Waals surface area contributed by atoms with Crippen LogP contribution in [0.3, 0.4) is 0 Å². The lowest BCUT2D eigenvalue weighted by Crippen LogP contribution is -2.33. The Labute approximate surface area is 73.2 Å². The standard InChI is InChI=1S/C6H8N4O3/c11-4(12)3-9-6(13)10-5-7-1-2-8-5/h1-2H,3H2,(H,11,12)(H3,7,8,9,10,13). The van der Waals surface area contributed by atoms with Crippen molar-refractivity contribution in [2.75, 3.05) is 11.9 Å². The molecule has 0 radical (unpaired) electrons. The summed E-state index contributed by atoms with van der Waals surface area (Å²) in [6.07, 6.45) is 3.00. The van der Waals surface area contributed by atoms with Gasteiger partial charge in [-0.1, -0.05) is 0 Å². The molecule has 4 N–H and O–H groups in total. The fraction of sp³-hybridized carbons (Fsp3) is 0.167. The number of carbonyl (C=O) groups is 2. The van der Waals surface area contributed by atoms with E-state index in [9.17, 15) is 9.59 Å². The van der Waals surface area contributed by atoms with Crippen LogP contribution in [0, 0.1) is 0 Å². The highest BCUT2D eigenvalue weighted by Crippen LogP contribution is 1.93. The summed E-state index contributed by atoms with van der Waals surface area (Å²) < 4.78 is 0. The van der Waals surface area contributed by atoms with Crippen molar-refractivity contribution in [2.24, 2.45) is 0 Å². The highest BCUT2D eigenvalue weighted by atomic mass is 16.4. The van der Waals surface area contributed by atoms with Gasteiger partial charge in [0.15, 0.2) is 0 Å². The van der Waals surface area contributed by atoms with Crippen molar-refractivity contribution in [2.45, 2.75) is 0 Å². The highest BCUT2D eigenvalue weighted by molar-refractivity contribution is 5.89. The molecular weight excluding hydrogens is 176 g/mol. The van der Waals surface area contributed by atoms with Crippen molar-refractivity contribution in [3.05, 3.63) is 12.4 Å². The summed E-state index contributed by atoms with van der Waals surface area (Å²) in [6, 6.07) is -0.614. The molecule has 1 heterocycles. The van der Waals surface area contributed by atoms with Gasteiger partial charge in [0.25, 0.3) is 0 Å². The van der Waals surface area contributed by atoms with Crippen LogP contribution < -0.4 is 10.6 Å². The maximum absolute atomic E-state index is 10.9. The number of aliphatic carboxylic acids is 1. The third kappa shape index (κ3) is 3.23. The molecule has 0 saturated heterocycles. The molecule has 0 spiro atoms. The minimum absolute atomic E-state index is 0.267. The van der Waals surface area contributed by atoms with Gasteiger partial charge < -0.3 is 15.4 Å². The molecular formula is C6H8N4O3. The molecule has 7 nitrogen and oxygen atoms in total. The predicted octanol–water partition coefficient (Wildman–Crippen LogP) is -0.384. The SMILES string of the molecule is O=C(O)CNC(=O)Nc1ncc[nH]1. The number of H-pyrrole nitrogens is 1. The van der Waals surface area contributed by atoms with Crippen molar-refractivity contribution >= 4 is 17.9 Å². The summed E-state index contributed by atoms with van der Waals surface area (Å²) in [4.78, 5) is 27.2. The first-order valence-electron chi connectivity index (χ1n) is 3.44. The molecule has 0 saturated carbocycles.